The number of benzene rings is 2. The predicted octanol–water partition coefficient (Wildman–Crippen LogP) is 6.15. The van der Waals surface area contributed by atoms with Gasteiger partial charge in [0.05, 0.1) is 29.0 Å². The van der Waals surface area contributed by atoms with E-state index < -0.39 is 44.3 Å². The lowest BCUT2D eigenvalue weighted by Crippen LogP contribution is -2.38. The summed E-state index contributed by atoms with van der Waals surface area (Å²) in [6.07, 6.45) is 1.64. The number of amides is 1. The smallest absolute Gasteiger partial charge is 0.416 e. The van der Waals surface area contributed by atoms with Crippen molar-refractivity contribution in [3.8, 4) is 5.75 Å². The highest BCUT2D eigenvalue weighted by atomic mass is 35.5. The van der Waals surface area contributed by atoms with Gasteiger partial charge in [0, 0.05) is 35.8 Å². The number of hydrogen-bond acceptors (Lipinski definition) is 5. The van der Waals surface area contributed by atoms with Gasteiger partial charge < -0.3 is 9.64 Å². The molecule has 2 heterocycles. The summed E-state index contributed by atoms with van der Waals surface area (Å²) in [4.78, 5) is 14.2. The molecule has 1 amide bonds. The van der Waals surface area contributed by atoms with E-state index in [0.717, 1.165) is 36.9 Å². The molecule has 3 aliphatic rings. The zero-order valence-corrected chi connectivity index (χ0v) is 22.9. The van der Waals surface area contributed by atoms with Crippen LogP contribution < -0.4 is 9.46 Å². The van der Waals surface area contributed by atoms with Crippen LogP contribution in [0.1, 0.15) is 65.1 Å². The number of halogens is 6. The Hall–Kier alpha value is -2.86. The van der Waals surface area contributed by atoms with Crippen LogP contribution in [0.15, 0.2) is 36.0 Å². The number of alkyl halides is 3. The van der Waals surface area contributed by atoms with Crippen LogP contribution in [0.25, 0.3) is 0 Å². The minimum absolute atomic E-state index is 0.0215. The maximum absolute atomic E-state index is 14.8. The van der Waals surface area contributed by atoms with Crippen molar-refractivity contribution >= 4 is 27.5 Å². The van der Waals surface area contributed by atoms with Crippen LogP contribution in [0.3, 0.4) is 0 Å². The lowest BCUT2D eigenvalue weighted by atomic mass is 9.91. The summed E-state index contributed by atoms with van der Waals surface area (Å²) in [5.41, 5.74) is 0.00256. The van der Waals surface area contributed by atoms with Gasteiger partial charge in [-0.2, -0.15) is 13.2 Å². The SMILES string of the molecule is CS(=O)(=O)NC(=O)c1cc(C2CC2)c(OC[C@@H]2CC3=CC[C@@H](C2)N3Cc2cc(C(F)(F)F)cc(Cl)c2F)cc1F. The molecule has 1 aliphatic carbocycles. The Bertz CT molecular complexity index is 1490. The van der Waals surface area contributed by atoms with Crippen molar-refractivity contribution in [1.82, 2.24) is 9.62 Å². The van der Waals surface area contributed by atoms with Gasteiger partial charge in [-0.1, -0.05) is 17.7 Å². The molecule has 13 heteroatoms. The molecular weight excluding hydrogens is 579 g/mol. The number of sulfonamides is 1. The van der Waals surface area contributed by atoms with Crippen LogP contribution in [-0.2, 0) is 22.7 Å². The van der Waals surface area contributed by atoms with Gasteiger partial charge in [0.25, 0.3) is 5.91 Å². The maximum Gasteiger partial charge on any atom is 0.416 e. The van der Waals surface area contributed by atoms with Crippen molar-refractivity contribution in [2.24, 2.45) is 5.92 Å². The molecule has 5 rings (SSSR count). The van der Waals surface area contributed by atoms with Crippen LogP contribution >= 0.6 is 11.6 Å². The molecule has 6 nitrogen and oxygen atoms in total. The van der Waals surface area contributed by atoms with Crippen LogP contribution in [0.5, 0.6) is 5.75 Å². The van der Waals surface area contributed by atoms with Crippen molar-refractivity contribution in [2.45, 2.75) is 56.8 Å². The van der Waals surface area contributed by atoms with E-state index in [0.29, 0.717) is 36.6 Å². The lowest BCUT2D eigenvalue weighted by molar-refractivity contribution is -0.137. The van der Waals surface area contributed by atoms with E-state index in [4.69, 9.17) is 16.3 Å². The third-order valence-corrected chi connectivity index (χ3v) is 8.26. The molecular formula is C27H26ClF5N2O4S. The Morgan fingerprint density at radius 3 is 2.52 bits per heavy atom. The van der Waals surface area contributed by atoms with Gasteiger partial charge >= 0.3 is 6.18 Å². The number of rotatable bonds is 8. The highest BCUT2D eigenvalue weighted by Crippen LogP contribution is 2.46. The number of carbonyl (C=O) groups excluding carboxylic acids is 1. The van der Waals surface area contributed by atoms with E-state index in [2.05, 4.69) is 0 Å². The van der Waals surface area contributed by atoms with Crippen molar-refractivity contribution in [1.29, 1.82) is 0 Å². The summed E-state index contributed by atoms with van der Waals surface area (Å²) in [7, 11) is -3.87. The molecule has 2 aromatic rings. The number of carbonyl (C=O) groups is 1. The fourth-order valence-corrected chi connectivity index (χ4v) is 6.11. The van der Waals surface area contributed by atoms with E-state index in [1.54, 1.807) is 4.72 Å². The Morgan fingerprint density at radius 1 is 1.18 bits per heavy atom. The number of nitrogens with zero attached hydrogens (tertiary/aromatic N) is 1. The van der Waals surface area contributed by atoms with Crippen molar-refractivity contribution in [3.05, 3.63) is 74.9 Å². The van der Waals surface area contributed by atoms with Crippen LogP contribution in [0.4, 0.5) is 22.0 Å². The molecule has 1 saturated carbocycles. The second-order valence-corrected chi connectivity index (χ2v) is 12.8. The second kappa shape index (κ2) is 10.5. The highest BCUT2D eigenvalue weighted by Gasteiger charge is 2.38. The second-order valence-electron chi connectivity index (χ2n) is 10.6. The first kappa shape index (κ1) is 28.7. The van der Waals surface area contributed by atoms with E-state index in [-0.39, 0.29) is 42.2 Å². The third kappa shape index (κ3) is 6.22. The van der Waals surface area contributed by atoms with E-state index in [1.165, 1.54) is 6.07 Å². The summed E-state index contributed by atoms with van der Waals surface area (Å²) < 4.78 is 99.8. The maximum atomic E-state index is 14.8. The molecule has 2 aromatic carbocycles. The average Bonchev–Trinajstić information content (AvgIpc) is 3.65. The fourth-order valence-electron chi connectivity index (χ4n) is 5.42. The van der Waals surface area contributed by atoms with Gasteiger partial charge in [0.2, 0.25) is 10.0 Å². The van der Waals surface area contributed by atoms with E-state index in [1.807, 2.05) is 11.0 Å². The topological polar surface area (TPSA) is 75.7 Å². The monoisotopic (exact) mass is 604 g/mol. The van der Waals surface area contributed by atoms with Gasteiger partial charge in [0.1, 0.15) is 17.4 Å². The number of piperidine rings is 1. The molecule has 2 aliphatic heterocycles. The Morgan fingerprint density at radius 2 is 1.90 bits per heavy atom. The first-order valence-corrected chi connectivity index (χ1v) is 15.0. The van der Waals surface area contributed by atoms with E-state index >= 15 is 0 Å². The predicted molar refractivity (Wildman–Crippen MR) is 137 cm³/mol. The Labute approximate surface area is 233 Å². The van der Waals surface area contributed by atoms with Gasteiger partial charge in [-0.25, -0.2) is 21.9 Å². The van der Waals surface area contributed by atoms with E-state index in [9.17, 15) is 35.2 Å². The van der Waals surface area contributed by atoms with Gasteiger partial charge in [-0.3, -0.25) is 4.79 Å². The number of ether oxygens (including phenoxy) is 1. The zero-order chi connectivity index (χ0) is 29.0. The molecule has 216 valence electrons. The molecule has 2 fully saturated rings. The Balaban J connectivity index is 1.27. The number of allylic oxidation sites excluding steroid dienone is 1. The first-order chi connectivity index (χ1) is 18.7. The standard InChI is InChI=1S/C27H26ClF5N2O4S/c1-40(37,38)34-26(36)21-10-20(15-2-3-15)24(11-23(21)29)39-13-14-6-18-4-5-19(7-14)35(18)12-16-8-17(27(31,32)33)9-22(28)25(16)30/h4,8-11,14-15,19H,2-3,5-7,12-13H2,1H3,(H,34,36)/t14-,19+/m1/s1. The molecule has 0 radical (unpaired) electrons. The Kier molecular flexibility index (Phi) is 7.54. The number of fused-ring (bicyclic) bond motifs is 2. The largest absolute Gasteiger partial charge is 0.493 e. The molecule has 1 saturated heterocycles. The normalized spacial score (nSPS) is 20.9. The highest BCUT2D eigenvalue weighted by molar-refractivity contribution is 7.89. The number of hydrogen-bond donors (Lipinski definition) is 1. The zero-order valence-electron chi connectivity index (χ0n) is 21.3. The summed E-state index contributed by atoms with van der Waals surface area (Å²) in [6.45, 7) is 0.188. The molecule has 0 spiro atoms. The summed E-state index contributed by atoms with van der Waals surface area (Å²) in [5, 5.41) is -0.576. The number of nitrogens with one attached hydrogen (secondary N) is 1. The molecule has 2 bridgehead atoms. The van der Waals surface area contributed by atoms with Crippen molar-refractivity contribution in [2.75, 3.05) is 12.9 Å². The lowest BCUT2D eigenvalue weighted by Gasteiger charge is -2.38. The van der Waals surface area contributed by atoms with Crippen molar-refractivity contribution in [3.63, 3.8) is 0 Å². The summed E-state index contributed by atoms with van der Waals surface area (Å²) in [6, 6.07) is 3.76. The summed E-state index contributed by atoms with van der Waals surface area (Å²) >= 11 is 5.76. The average molecular weight is 605 g/mol. The van der Waals surface area contributed by atoms with Gasteiger partial charge in [-0.05, 0) is 61.8 Å². The summed E-state index contributed by atoms with van der Waals surface area (Å²) in [5.74, 6) is -2.44. The van der Waals surface area contributed by atoms with Crippen molar-refractivity contribution < 1.29 is 39.9 Å². The minimum Gasteiger partial charge on any atom is -0.493 e. The first-order valence-electron chi connectivity index (χ1n) is 12.7. The van der Waals surface area contributed by atoms with Crippen LogP contribution in [-0.4, -0.2) is 38.1 Å². The van der Waals surface area contributed by atoms with Gasteiger partial charge in [-0.15, -0.1) is 0 Å². The quantitative estimate of drug-likeness (QED) is 0.366. The van der Waals surface area contributed by atoms with Crippen LogP contribution in [0.2, 0.25) is 5.02 Å². The molecule has 1 N–H and O–H groups in total. The molecule has 0 aromatic heterocycles. The molecule has 0 unspecified atom stereocenters. The van der Waals surface area contributed by atoms with Crippen LogP contribution in [0, 0.1) is 17.6 Å². The molecule has 40 heavy (non-hydrogen) atoms. The third-order valence-electron chi connectivity index (χ3n) is 7.42. The molecule has 2 atom stereocenters. The van der Waals surface area contributed by atoms with Gasteiger partial charge in [0.15, 0.2) is 0 Å². The minimum atomic E-state index is -4.65. The fraction of sp³-hybridized carbons (Fsp3) is 0.444.